The number of amides is 2. The fraction of sp³-hybridized carbons (Fsp3) is 0.533. The number of nitrogens with one attached hydrogen (secondary N) is 1. The van der Waals surface area contributed by atoms with Crippen molar-refractivity contribution in [2.75, 3.05) is 11.4 Å². The average molecular weight is 590 g/mol. The number of carbonyl (C=O) groups is 2. The van der Waals surface area contributed by atoms with Crippen LogP contribution in [0, 0.1) is 23.1 Å². The van der Waals surface area contributed by atoms with Gasteiger partial charge in [0.1, 0.15) is 23.7 Å². The number of aliphatic hydroxyl groups is 1. The molecule has 2 heterocycles. The lowest BCUT2D eigenvalue weighted by Crippen LogP contribution is -2.52. The van der Waals surface area contributed by atoms with Crippen molar-refractivity contribution in [3.63, 3.8) is 0 Å². The van der Waals surface area contributed by atoms with Crippen LogP contribution in [0.15, 0.2) is 36.7 Å². The van der Waals surface area contributed by atoms with Crippen LogP contribution in [-0.2, 0) is 15.0 Å². The first-order valence-corrected chi connectivity index (χ1v) is 13.8. The van der Waals surface area contributed by atoms with E-state index in [1.807, 2.05) is 27.0 Å². The van der Waals surface area contributed by atoms with Crippen molar-refractivity contribution in [1.29, 1.82) is 5.26 Å². The number of hydrogen-bond donors (Lipinski definition) is 2. The van der Waals surface area contributed by atoms with Crippen molar-refractivity contribution in [2.24, 2.45) is 0 Å². The van der Waals surface area contributed by atoms with Crippen LogP contribution < -0.4 is 10.2 Å². The minimum Gasteiger partial charge on any atom is -0.388 e. The Morgan fingerprint density at radius 3 is 2.43 bits per heavy atom. The molecule has 2 aliphatic rings. The maximum atomic E-state index is 15.5. The third-order valence-electron chi connectivity index (χ3n) is 7.82. The summed E-state index contributed by atoms with van der Waals surface area (Å²) in [7, 11) is 0. The van der Waals surface area contributed by atoms with Gasteiger partial charge in [0.05, 0.1) is 18.3 Å². The van der Waals surface area contributed by atoms with Gasteiger partial charge in [-0.25, -0.2) is 17.6 Å². The van der Waals surface area contributed by atoms with E-state index in [9.17, 15) is 33.1 Å². The highest BCUT2D eigenvalue weighted by atomic mass is 19.3. The van der Waals surface area contributed by atoms with E-state index in [1.54, 1.807) is 0 Å². The molecule has 1 aliphatic heterocycles. The number of β-amino-alcohol motifs (C(OH)–C–C–N with tert-alkyl or cyclic N) is 1. The molecule has 8 nitrogen and oxygen atoms in total. The van der Waals surface area contributed by atoms with Crippen LogP contribution in [0.4, 0.5) is 23.2 Å². The summed E-state index contributed by atoms with van der Waals surface area (Å²) in [6, 6.07) is 1.59. The number of hydrogen-bond acceptors (Lipinski definition) is 6. The van der Waals surface area contributed by atoms with Crippen LogP contribution in [0.25, 0.3) is 0 Å². The normalized spacial score (nSPS) is 23.2. The molecule has 0 radical (unpaired) electrons. The van der Waals surface area contributed by atoms with E-state index in [2.05, 4.69) is 10.3 Å². The molecular formula is C30H35F4N5O3. The summed E-state index contributed by atoms with van der Waals surface area (Å²) in [6.45, 7) is 6.73. The summed E-state index contributed by atoms with van der Waals surface area (Å²) in [4.78, 5) is 34.1. The van der Waals surface area contributed by atoms with Crippen molar-refractivity contribution < 1.29 is 32.3 Å². The number of carbonyl (C=O) groups excluding carboxylic acids is 2. The van der Waals surface area contributed by atoms with Gasteiger partial charge in [-0.15, -0.1) is 0 Å². The molecule has 2 aromatic rings. The third-order valence-corrected chi connectivity index (χ3v) is 7.82. The SMILES string of the molecule is CC(C)(C)c1ccc(N(C(=O)[C@H]2C[C@@](C)(O)CN2C#N)C(C(=O)NC2CCC(F)(F)CC2)c2cncc(F)c2)cc1F. The zero-order valence-electron chi connectivity index (χ0n) is 24.0. The molecule has 2 N–H and O–H groups in total. The molecule has 4 rings (SSSR count). The van der Waals surface area contributed by atoms with Crippen molar-refractivity contribution in [2.45, 2.75) is 94.9 Å². The number of likely N-dealkylation sites (tertiary alicyclic amines) is 1. The van der Waals surface area contributed by atoms with Crippen LogP contribution >= 0.6 is 0 Å². The second-order valence-electron chi connectivity index (χ2n) is 12.5. The van der Waals surface area contributed by atoms with E-state index in [4.69, 9.17) is 0 Å². The van der Waals surface area contributed by atoms with Crippen LogP contribution in [0.3, 0.4) is 0 Å². The summed E-state index contributed by atoms with van der Waals surface area (Å²) < 4.78 is 57.5. The molecular weight excluding hydrogens is 554 g/mol. The maximum Gasteiger partial charge on any atom is 0.251 e. The number of pyridine rings is 1. The first-order valence-electron chi connectivity index (χ1n) is 13.8. The summed E-state index contributed by atoms with van der Waals surface area (Å²) in [5.74, 6) is -5.91. The fourth-order valence-corrected chi connectivity index (χ4v) is 5.68. The van der Waals surface area contributed by atoms with Crippen LogP contribution in [0.2, 0.25) is 0 Å². The molecule has 1 saturated carbocycles. The molecule has 1 aromatic heterocycles. The Morgan fingerprint density at radius 1 is 1.19 bits per heavy atom. The van der Waals surface area contributed by atoms with Crippen molar-refractivity contribution in [3.8, 4) is 6.19 Å². The number of rotatable bonds is 6. The molecule has 2 fully saturated rings. The number of aromatic nitrogens is 1. The first-order chi connectivity index (χ1) is 19.5. The summed E-state index contributed by atoms with van der Waals surface area (Å²) >= 11 is 0. The van der Waals surface area contributed by atoms with Crippen LogP contribution in [-0.4, -0.2) is 57.0 Å². The van der Waals surface area contributed by atoms with Gasteiger partial charge in [0.25, 0.3) is 5.91 Å². The molecule has 1 aliphatic carbocycles. The van der Waals surface area contributed by atoms with E-state index < -0.39 is 71.4 Å². The summed E-state index contributed by atoms with van der Waals surface area (Å²) in [6.07, 6.45) is 2.96. The van der Waals surface area contributed by atoms with Gasteiger partial charge in [0.2, 0.25) is 11.8 Å². The maximum absolute atomic E-state index is 15.5. The van der Waals surface area contributed by atoms with Crippen molar-refractivity contribution in [3.05, 3.63) is 59.4 Å². The Kier molecular flexibility index (Phi) is 8.56. The molecule has 1 unspecified atom stereocenters. The molecule has 1 aromatic carbocycles. The Morgan fingerprint density at radius 2 is 1.86 bits per heavy atom. The van der Waals surface area contributed by atoms with E-state index in [1.165, 1.54) is 25.3 Å². The molecule has 226 valence electrons. The standard InChI is InChI=1S/C30H35F4N5O3/c1-28(2,3)22-6-5-21(12-23(22)32)39(27(41)24-13-29(4,42)16-38(24)17-35)25(18-11-19(31)15-36-14-18)26(40)37-20-7-9-30(33,34)10-8-20/h5-6,11-12,14-15,20,24-25,42H,7-10,13,16H2,1-4H3,(H,37,40)/t24-,25?,29-/m1/s1. The fourth-order valence-electron chi connectivity index (χ4n) is 5.68. The second-order valence-corrected chi connectivity index (χ2v) is 12.5. The van der Waals surface area contributed by atoms with Gasteiger partial charge in [0.15, 0.2) is 6.19 Å². The predicted molar refractivity (Wildman–Crippen MR) is 146 cm³/mol. The van der Waals surface area contributed by atoms with Gasteiger partial charge in [-0.2, -0.15) is 5.26 Å². The smallest absolute Gasteiger partial charge is 0.251 e. The third kappa shape index (κ3) is 6.84. The Bertz CT molecular complexity index is 1380. The van der Waals surface area contributed by atoms with Gasteiger partial charge in [0, 0.05) is 42.8 Å². The predicted octanol–water partition coefficient (Wildman–Crippen LogP) is 4.73. The topological polar surface area (TPSA) is 110 Å². The van der Waals surface area contributed by atoms with E-state index in [0.29, 0.717) is 5.56 Å². The lowest BCUT2D eigenvalue weighted by Gasteiger charge is -2.36. The van der Waals surface area contributed by atoms with E-state index in [0.717, 1.165) is 28.1 Å². The van der Waals surface area contributed by atoms with Gasteiger partial charge in [-0.3, -0.25) is 24.4 Å². The number of nitriles is 1. The average Bonchev–Trinajstić information content (AvgIpc) is 3.21. The van der Waals surface area contributed by atoms with E-state index in [-0.39, 0.29) is 37.1 Å². The van der Waals surface area contributed by atoms with Crippen LogP contribution in [0.1, 0.15) is 77.0 Å². The molecule has 0 bridgehead atoms. The van der Waals surface area contributed by atoms with E-state index >= 15 is 4.39 Å². The minimum absolute atomic E-state index is 0.0105. The molecule has 0 spiro atoms. The van der Waals surface area contributed by atoms with Gasteiger partial charge >= 0.3 is 0 Å². The zero-order valence-corrected chi connectivity index (χ0v) is 24.0. The Hall–Kier alpha value is -3.72. The molecule has 12 heteroatoms. The van der Waals surface area contributed by atoms with Gasteiger partial charge in [-0.1, -0.05) is 26.8 Å². The molecule has 3 atom stereocenters. The zero-order chi connectivity index (χ0) is 31.0. The number of alkyl halides is 2. The van der Waals surface area contributed by atoms with Gasteiger partial charge < -0.3 is 10.4 Å². The highest BCUT2D eigenvalue weighted by Gasteiger charge is 2.47. The number of anilines is 1. The largest absolute Gasteiger partial charge is 0.388 e. The lowest BCUT2D eigenvalue weighted by atomic mass is 9.86. The summed E-state index contributed by atoms with van der Waals surface area (Å²) in [5, 5.41) is 23.1. The highest BCUT2D eigenvalue weighted by Crippen LogP contribution is 2.37. The number of benzene rings is 1. The number of nitrogens with zero attached hydrogens (tertiary/aromatic N) is 4. The van der Waals surface area contributed by atoms with Crippen molar-refractivity contribution >= 4 is 17.5 Å². The Labute approximate surface area is 242 Å². The minimum atomic E-state index is -2.85. The Balaban J connectivity index is 1.84. The van der Waals surface area contributed by atoms with Crippen LogP contribution in [0.5, 0.6) is 0 Å². The number of halogens is 4. The monoisotopic (exact) mass is 589 g/mol. The highest BCUT2D eigenvalue weighted by molar-refractivity contribution is 6.04. The molecule has 2 amide bonds. The van der Waals surface area contributed by atoms with Gasteiger partial charge in [-0.05, 0) is 48.9 Å². The molecule has 42 heavy (non-hydrogen) atoms. The molecule has 1 saturated heterocycles. The lowest BCUT2D eigenvalue weighted by molar-refractivity contribution is -0.129. The first kappa shape index (κ1) is 31.2. The van der Waals surface area contributed by atoms with Crippen molar-refractivity contribution in [1.82, 2.24) is 15.2 Å². The quantitative estimate of drug-likeness (QED) is 0.373. The summed E-state index contributed by atoms with van der Waals surface area (Å²) in [5.41, 5.74) is -1.75. The second kappa shape index (κ2) is 11.5.